The van der Waals surface area contributed by atoms with Gasteiger partial charge in [-0.25, -0.2) is 0 Å². The van der Waals surface area contributed by atoms with Gasteiger partial charge in [0.1, 0.15) is 0 Å². The number of aryl methyl sites for hydroxylation is 2. The van der Waals surface area contributed by atoms with Crippen molar-refractivity contribution in [1.82, 2.24) is 0 Å². The van der Waals surface area contributed by atoms with Crippen LogP contribution in [-0.2, 0) is 0 Å². The fraction of sp³-hybridized carbons (Fsp3) is 0.100. The molecule has 3 aromatic carbocycles. The van der Waals surface area contributed by atoms with Crippen LogP contribution in [0.4, 0.5) is 11.4 Å². The first-order valence-corrected chi connectivity index (χ1v) is 7.38. The topological polar surface area (TPSA) is 52.0 Å². The molecule has 0 atom stereocenters. The lowest BCUT2D eigenvalue weighted by Gasteiger charge is -2.16. The number of nitrogens with two attached hydrogens (primary N) is 2. The molecule has 110 valence electrons. The summed E-state index contributed by atoms with van der Waals surface area (Å²) >= 11 is 0. The van der Waals surface area contributed by atoms with Crippen molar-refractivity contribution >= 4 is 11.4 Å². The van der Waals surface area contributed by atoms with Crippen LogP contribution in [-0.4, -0.2) is 0 Å². The third-order valence-electron chi connectivity index (χ3n) is 3.88. The quantitative estimate of drug-likeness (QED) is 0.665. The largest absolute Gasteiger partial charge is 0.398 e. The minimum atomic E-state index is 0.747. The Kier molecular flexibility index (Phi) is 3.60. The van der Waals surface area contributed by atoms with Crippen molar-refractivity contribution < 1.29 is 0 Å². The molecule has 0 saturated carbocycles. The molecule has 0 aliphatic rings. The maximum absolute atomic E-state index is 6.29. The van der Waals surface area contributed by atoms with Crippen molar-refractivity contribution in [3.63, 3.8) is 0 Å². The Labute approximate surface area is 131 Å². The summed E-state index contributed by atoms with van der Waals surface area (Å²) in [5.41, 5.74) is 20.7. The summed E-state index contributed by atoms with van der Waals surface area (Å²) in [6.45, 7) is 4.16. The first-order valence-electron chi connectivity index (χ1n) is 7.38. The average Bonchev–Trinajstić information content (AvgIpc) is 2.49. The molecule has 4 N–H and O–H groups in total. The lowest BCUT2D eigenvalue weighted by atomic mass is 9.90. The lowest BCUT2D eigenvalue weighted by Crippen LogP contribution is -1.98. The van der Waals surface area contributed by atoms with Crippen molar-refractivity contribution in [3.05, 3.63) is 71.8 Å². The summed E-state index contributed by atoms with van der Waals surface area (Å²) in [5.74, 6) is 0. The van der Waals surface area contributed by atoms with Gasteiger partial charge < -0.3 is 11.5 Å². The summed E-state index contributed by atoms with van der Waals surface area (Å²) in [7, 11) is 0. The molecule has 0 bridgehead atoms. The van der Waals surface area contributed by atoms with E-state index in [9.17, 15) is 0 Å². The first-order chi connectivity index (χ1) is 10.6. The number of rotatable bonds is 2. The zero-order valence-electron chi connectivity index (χ0n) is 12.9. The van der Waals surface area contributed by atoms with E-state index in [0.29, 0.717) is 0 Å². The Morgan fingerprint density at radius 3 is 1.36 bits per heavy atom. The summed E-state index contributed by atoms with van der Waals surface area (Å²) in [6.07, 6.45) is 0. The smallest absolute Gasteiger partial charge is 0.0401 e. The van der Waals surface area contributed by atoms with Gasteiger partial charge in [-0.15, -0.1) is 0 Å². The monoisotopic (exact) mass is 288 g/mol. The van der Waals surface area contributed by atoms with E-state index in [0.717, 1.165) is 33.6 Å². The van der Waals surface area contributed by atoms with E-state index in [4.69, 9.17) is 11.5 Å². The van der Waals surface area contributed by atoms with E-state index in [-0.39, 0.29) is 0 Å². The van der Waals surface area contributed by atoms with Crippen molar-refractivity contribution in [2.75, 3.05) is 11.5 Å². The normalized spacial score (nSPS) is 10.6. The summed E-state index contributed by atoms with van der Waals surface area (Å²) in [6, 6.07) is 20.5. The number of anilines is 2. The van der Waals surface area contributed by atoms with Crippen LogP contribution in [0, 0.1) is 13.8 Å². The van der Waals surface area contributed by atoms with Crippen LogP contribution < -0.4 is 11.5 Å². The highest BCUT2D eigenvalue weighted by atomic mass is 14.6. The molecule has 0 aromatic heterocycles. The second kappa shape index (κ2) is 5.57. The molecule has 0 fully saturated rings. The SMILES string of the molecule is Cc1cccc(-c2c(N)ccc(N)c2-c2cccc(C)c2)c1. The third kappa shape index (κ3) is 2.56. The van der Waals surface area contributed by atoms with Gasteiger partial charge in [-0.1, -0.05) is 59.7 Å². The van der Waals surface area contributed by atoms with Gasteiger partial charge in [0.05, 0.1) is 0 Å². The maximum atomic E-state index is 6.29. The van der Waals surface area contributed by atoms with Crippen molar-refractivity contribution in [2.24, 2.45) is 0 Å². The summed E-state index contributed by atoms with van der Waals surface area (Å²) < 4.78 is 0. The highest BCUT2D eigenvalue weighted by Gasteiger charge is 2.14. The fourth-order valence-corrected chi connectivity index (χ4v) is 2.86. The molecule has 0 aliphatic heterocycles. The molecule has 0 radical (unpaired) electrons. The Balaban J connectivity index is 2.33. The highest BCUT2D eigenvalue weighted by molar-refractivity contribution is 5.97. The van der Waals surface area contributed by atoms with E-state index in [2.05, 4.69) is 50.2 Å². The van der Waals surface area contributed by atoms with E-state index >= 15 is 0 Å². The molecule has 0 heterocycles. The zero-order valence-corrected chi connectivity index (χ0v) is 12.9. The molecule has 0 unspecified atom stereocenters. The molecule has 2 heteroatoms. The fourth-order valence-electron chi connectivity index (χ4n) is 2.86. The Morgan fingerprint density at radius 2 is 1.00 bits per heavy atom. The minimum absolute atomic E-state index is 0.747. The second-order valence-electron chi connectivity index (χ2n) is 5.73. The van der Waals surface area contributed by atoms with Gasteiger partial charge >= 0.3 is 0 Å². The number of hydrogen-bond acceptors (Lipinski definition) is 2. The van der Waals surface area contributed by atoms with Crippen molar-refractivity contribution in [2.45, 2.75) is 13.8 Å². The van der Waals surface area contributed by atoms with Crippen molar-refractivity contribution in [3.8, 4) is 22.3 Å². The number of hydrogen-bond donors (Lipinski definition) is 2. The van der Waals surface area contributed by atoms with E-state index < -0.39 is 0 Å². The Morgan fingerprint density at radius 1 is 0.591 bits per heavy atom. The molecule has 0 amide bonds. The molecule has 3 rings (SSSR count). The summed E-state index contributed by atoms with van der Waals surface area (Å²) in [5, 5.41) is 0. The average molecular weight is 288 g/mol. The van der Waals surface area contributed by atoms with E-state index in [1.54, 1.807) is 0 Å². The zero-order chi connectivity index (χ0) is 15.7. The van der Waals surface area contributed by atoms with Gasteiger partial charge in [-0.2, -0.15) is 0 Å². The van der Waals surface area contributed by atoms with Gasteiger partial charge in [-0.05, 0) is 37.1 Å². The number of benzene rings is 3. The van der Waals surface area contributed by atoms with Gasteiger partial charge in [0, 0.05) is 22.5 Å². The van der Waals surface area contributed by atoms with Gasteiger partial charge in [0.15, 0.2) is 0 Å². The molecule has 0 aliphatic carbocycles. The van der Waals surface area contributed by atoms with Crippen LogP contribution in [0.1, 0.15) is 11.1 Å². The Bertz CT molecular complexity index is 764. The minimum Gasteiger partial charge on any atom is -0.398 e. The highest BCUT2D eigenvalue weighted by Crippen LogP contribution is 2.40. The molecule has 0 saturated heterocycles. The molecule has 22 heavy (non-hydrogen) atoms. The predicted molar refractivity (Wildman–Crippen MR) is 95.6 cm³/mol. The second-order valence-corrected chi connectivity index (χ2v) is 5.73. The standard InChI is InChI=1S/C20H20N2/c1-13-5-3-7-15(11-13)19-17(21)9-10-18(22)20(19)16-8-4-6-14(2)12-16/h3-12H,21-22H2,1-2H3. The van der Waals surface area contributed by atoms with Crippen LogP contribution in [0.15, 0.2) is 60.7 Å². The first kappa shape index (κ1) is 14.2. The van der Waals surface area contributed by atoms with Crippen LogP contribution in [0.25, 0.3) is 22.3 Å². The molecule has 2 nitrogen and oxygen atoms in total. The van der Waals surface area contributed by atoms with Crippen LogP contribution in [0.3, 0.4) is 0 Å². The maximum Gasteiger partial charge on any atom is 0.0401 e. The Hall–Kier alpha value is -2.74. The van der Waals surface area contributed by atoms with Crippen LogP contribution in [0.2, 0.25) is 0 Å². The van der Waals surface area contributed by atoms with Gasteiger partial charge in [0.25, 0.3) is 0 Å². The van der Waals surface area contributed by atoms with Crippen LogP contribution in [0.5, 0.6) is 0 Å². The molecular formula is C20H20N2. The third-order valence-corrected chi connectivity index (χ3v) is 3.88. The molecular weight excluding hydrogens is 268 g/mol. The van der Waals surface area contributed by atoms with E-state index in [1.165, 1.54) is 11.1 Å². The van der Waals surface area contributed by atoms with Gasteiger partial charge in [-0.3, -0.25) is 0 Å². The predicted octanol–water partition coefficient (Wildman–Crippen LogP) is 4.80. The van der Waals surface area contributed by atoms with Crippen LogP contribution >= 0.6 is 0 Å². The van der Waals surface area contributed by atoms with Gasteiger partial charge in [0.2, 0.25) is 0 Å². The molecule has 3 aromatic rings. The summed E-state index contributed by atoms with van der Waals surface area (Å²) in [4.78, 5) is 0. The van der Waals surface area contributed by atoms with Crippen molar-refractivity contribution in [1.29, 1.82) is 0 Å². The molecule has 0 spiro atoms. The lowest BCUT2D eigenvalue weighted by molar-refractivity contribution is 1.45. The van der Waals surface area contributed by atoms with E-state index in [1.807, 2.05) is 24.3 Å². The number of nitrogen functional groups attached to an aromatic ring is 2.